The van der Waals surface area contributed by atoms with E-state index in [2.05, 4.69) is 7.05 Å². The lowest BCUT2D eigenvalue weighted by molar-refractivity contribution is -0.950. The smallest absolute Gasteiger partial charge is 0.118 e. The van der Waals surface area contributed by atoms with E-state index in [1.165, 1.54) is 38.8 Å². The fourth-order valence-electron chi connectivity index (χ4n) is 3.49. The zero-order valence-electron chi connectivity index (χ0n) is 8.92. The van der Waals surface area contributed by atoms with Crippen LogP contribution in [-0.4, -0.2) is 41.4 Å². The second kappa shape index (κ2) is 2.96. The van der Waals surface area contributed by atoms with E-state index in [9.17, 15) is 5.11 Å². The molecule has 3 atom stereocenters. The van der Waals surface area contributed by atoms with Crippen molar-refractivity contribution >= 4 is 0 Å². The van der Waals surface area contributed by atoms with E-state index in [1.54, 1.807) is 0 Å². The van der Waals surface area contributed by atoms with Crippen LogP contribution in [0.5, 0.6) is 0 Å². The number of aliphatic hydroxyl groups is 1. The van der Waals surface area contributed by atoms with Gasteiger partial charge in [-0.1, -0.05) is 0 Å². The van der Waals surface area contributed by atoms with Gasteiger partial charge in [-0.15, -0.1) is 0 Å². The number of hydrogen-bond donors (Lipinski definition) is 1. The minimum Gasteiger partial charge on any atom is -0.384 e. The molecule has 0 aromatic heterocycles. The summed E-state index contributed by atoms with van der Waals surface area (Å²) in [5, 5.41) is 10.3. The number of fused-ring (bicyclic) bond motifs is 1. The quantitative estimate of drug-likeness (QED) is 0.566. The Morgan fingerprint density at radius 3 is 2.62 bits per heavy atom. The van der Waals surface area contributed by atoms with Crippen molar-refractivity contribution in [3.63, 3.8) is 0 Å². The molecule has 13 heavy (non-hydrogen) atoms. The summed E-state index contributed by atoms with van der Waals surface area (Å²) in [7, 11) is 2.33. The molecule has 2 nitrogen and oxygen atoms in total. The Bertz CT molecular complexity index is 198. The van der Waals surface area contributed by atoms with Gasteiger partial charge < -0.3 is 9.59 Å². The molecule has 0 aliphatic carbocycles. The standard InChI is InChI=1S/C11H22NO/c1-11(13)7-5-9-12(2)8-4-3-6-10(11)12/h10,13H,3-9H2,1-2H3/q+1/t10-,11-,12-/m0/s1. The number of rotatable bonds is 0. The lowest BCUT2D eigenvalue weighted by Crippen LogP contribution is -2.66. The summed E-state index contributed by atoms with van der Waals surface area (Å²) in [4.78, 5) is 0. The Hall–Kier alpha value is -0.0800. The third kappa shape index (κ3) is 1.50. The molecule has 0 aromatic carbocycles. The van der Waals surface area contributed by atoms with Crippen molar-refractivity contribution < 1.29 is 9.59 Å². The first-order valence-electron chi connectivity index (χ1n) is 5.61. The molecule has 1 N–H and O–H groups in total. The molecule has 0 aromatic rings. The van der Waals surface area contributed by atoms with Crippen LogP contribution in [0.15, 0.2) is 0 Å². The monoisotopic (exact) mass is 184 g/mol. The molecular weight excluding hydrogens is 162 g/mol. The Kier molecular flexibility index (Phi) is 2.16. The summed E-state index contributed by atoms with van der Waals surface area (Å²) in [6.45, 7) is 4.60. The molecule has 0 bridgehead atoms. The normalized spacial score (nSPS) is 51.5. The molecule has 0 saturated carbocycles. The molecule has 2 fully saturated rings. The van der Waals surface area contributed by atoms with Gasteiger partial charge in [0.05, 0.1) is 20.1 Å². The van der Waals surface area contributed by atoms with E-state index >= 15 is 0 Å². The Balaban J connectivity index is 2.21. The van der Waals surface area contributed by atoms with Crippen molar-refractivity contribution in [2.75, 3.05) is 20.1 Å². The second-order valence-corrected chi connectivity index (χ2v) is 5.40. The van der Waals surface area contributed by atoms with Crippen LogP contribution in [0, 0.1) is 0 Å². The van der Waals surface area contributed by atoms with Crippen LogP contribution in [0.2, 0.25) is 0 Å². The molecular formula is C11H22NO+. The van der Waals surface area contributed by atoms with E-state index in [4.69, 9.17) is 0 Å². The summed E-state index contributed by atoms with van der Waals surface area (Å²) >= 11 is 0. The van der Waals surface area contributed by atoms with Crippen molar-refractivity contribution in [3.8, 4) is 0 Å². The highest BCUT2D eigenvalue weighted by atomic mass is 16.3. The molecule has 2 heteroatoms. The van der Waals surface area contributed by atoms with Crippen molar-refractivity contribution in [1.82, 2.24) is 0 Å². The summed E-state index contributed by atoms with van der Waals surface area (Å²) in [6.07, 6.45) is 6.09. The number of nitrogens with zero attached hydrogens (tertiary/aromatic N) is 1. The van der Waals surface area contributed by atoms with Crippen LogP contribution in [0.4, 0.5) is 0 Å². The van der Waals surface area contributed by atoms with E-state index in [-0.39, 0.29) is 0 Å². The zero-order valence-corrected chi connectivity index (χ0v) is 8.92. The number of likely N-dealkylation sites (N-methyl/N-ethyl adjacent to an activating group) is 1. The third-order valence-electron chi connectivity index (χ3n) is 4.22. The van der Waals surface area contributed by atoms with Gasteiger partial charge in [-0.05, 0) is 32.6 Å². The maximum absolute atomic E-state index is 10.3. The number of piperidine rings is 2. The minimum absolute atomic E-state index is 0.395. The van der Waals surface area contributed by atoms with Crippen LogP contribution in [0.1, 0.15) is 39.0 Å². The second-order valence-electron chi connectivity index (χ2n) is 5.40. The van der Waals surface area contributed by atoms with Gasteiger partial charge in [0, 0.05) is 6.42 Å². The van der Waals surface area contributed by atoms with Gasteiger partial charge in [-0.2, -0.15) is 0 Å². The first-order valence-corrected chi connectivity index (χ1v) is 5.61. The van der Waals surface area contributed by atoms with Crippen molar-refractivity contribution in [2.24, 2.45) is 0 Å². The average molecular weight is 184 g/mol. The lowest BCUT2D eigenvalue weighted by Gasteiger charge is -2.53. The zero-order chi connectivity index (χ0) is 9.53. The fraction of sp³-hybridized carbons (Fsp3) is 1.00. The number of hydrogen-bond acceptors (Lipinski definition) is 1. The van der Waals surface area contributed by atoms with Gasteiger partial charge in [-0.3, -0.25) is 0 Å². The van der Waals surface area contributed by atoms with E-state index in [1.807, 2.05) is 6.92 Å². The summed E-state index contributed by atoms with van der Waals surface area (Å²) in [5.41, 5.74) is -0.395. The van der Waals surface area contributed by atoms with Gasteiger partial charge in [-0.25, -0.2) is 0 Å². The maximum atomic E-state index is 10.3. The van der Waals surface area contributed by atoms with Gasteiger partial charge in [0.25, 0.3) is 0 Å². The Labute approximate surface area is 81.1 Å². The maximum Gasteiger partial charge on any atom is 0.118 e. The molecule has 2 saturated heterocycles. The first-order chi connectivity index (χ1) is 6.05. The van der Waals surface area contributed by atoms with Gasteiger partial charge in [0.1, 0.15) is 11.6 Å². The Morgan fingerprint density at radius 1 is 1.23 bits per heavy atom. The Morgan fingerprint density at radius 2 is 1.92 bits per heavy atom. The largest absolute Gasteiger partial charge is 0.384 e. The molecule has 2 aliphatic heterocycles. The first kappa shape index (κ1) is 9.47. The molecule has 2 aliphatic rings. The van der Waals surface area contributed by atoms with Gasteiger partial charge >= 0.3 is 0 Å². The van der Waals surface area contributed by atoms with E-state index < -0.39 is 5.60 Å². The molecule has 0 amide bonds. The van der Waals surface area contributed by atoms with Crippen LogP contribution in [0.25, 0.3) is 0 Å². The molecule has 2 rings (SSSR count). The topological polar surface area (TPSA) is 20.2 Å². The van der Waals surface area contributed by atoms with E-state index in [0.29, 0.717) is 6.04 Å². The van der Waals surface area contributed by atoms with Gasteiger partial charge in [0.15, 0.2) is 0 Å². The predicted octanol–water partition coefficient (Wildman–Crippen LogP) is 1.53. The average Bonchev–Trinajstić information content (AvgIpc) is 2.02. The highest BCUT2D eigenvalue weighted by Gasteiger charge is 2.49. The van der Waals surface area contributed by atoms with Crippen molar-refractivity contribution in [1.29, 1.82) is 0 Å². The number of quaternary nitrogens is 1. The SMILES string of the molecule is C[C@]1(O)CCC[N@+]2(C)CCCC[C@@H]12. The van der Waals surface area contributed by atoms with E-state index in [0.717, 1.165) is 10.9 Å². The highest BCUT2D eigenvalue weighted by molar-refractivity contribution is 4.88. The molecule has 0 unspecified atom stereocenters. The van der Waals surface area contributed by atoms with Crippen molar-refractivity contribution in [2.45, 2.75) is 50.7 Å². The summed E-state index contributed by atoms with van der Waals surface area (Å²) < 4.78 is 1.13. The van der Waals surface area contributed by atoms with Gasteiger partial charge in [0.2, 0.25) is 0 Å². The molecule has 0 spiro atoms. The fourth-order valence-corrected chi connectivity index (χ4v) is 3.49. The third-order valence-corrected chi connectivity index (χ3v) is 4.22. The molecule has 2 heterocycles. The molecule has 0 radical (unpaired) electrons. The minimum atomic E-state index is -0.395. The van der Waals surface area contributed by atoms with Crippen LogP contribution >= 0.6 is 0 Å². The predicted molar refractivity (Wildman–Crippen MR) is 53.4 cm³/mol. The van der Waals surface area contributed by atoms with Crippen molar-refractivity contribution in [3.05, 3.63) is 0 Å². The molecule has 76 valence electrons. The highest BCUT2D eigenvalue weighted by Crippen LogP contribution is 2.38. The summed E-state index contributed by atoms with van der Waals surface area (Å²) in [5.74, 6) is 0. The summed E-state index contributed by atoms with van der Waals surface area (Å²) in [6, 6.07) is 0.509. The van der Waals surface area contributed by atoms with Crippen LogP contribution in [-0.2, 0) is 0 Å². The van der Waals surface area contributed by atoms with Crippen LogP contribution in [0.3, 0.4) is 0 Å². The lowest BCUT2D eigenvalue weighted by atomic mass is 9.79. The van der Waals surface area contributed by atoms with Crippen LogP contribution < -0.4 is 0 Å².